The summed E-state index contributed by atoms with van der Waals surface area (Å²) in [6.07, 6.45) is 2.11. The molecule has 6 nitrogen and oxygen atoms in total. The lowest BCUT2D eigenvalue weighted by Gasteiger charge is -2.22. The predicted octanol–water partition coefficient (Wildman–Crippen LogP) is 0.677. The highest BCUT2D eigenvalue weighted by Crippen LogP contribution is 2.23. The average molecular weight is 252 g/mol. The van der Waals surface area contributed by atoms with Crippen molar-refractivity contribution in [1.82, 2.24) is 15.1 Å². The Morgan fingerprint density at radius 1 is 1.50 bits per heavy atom. The number of rotatable bonds is 1. The summed E-state index contributed by atoms with van der Waals surface area (Å²) in [5.74, 6) is 0.143. The van der Waals surface area contributed by atoms with E-state index in [0.29, 0.717) is 30.8 Å². The van der Waals surface area contributed by atoms with Gasteiger partial charge in [-0.3, -0.25) is 9.89 Å². The molecule has 0 aliphatic carbocycles. The normalized spacial score (nSPS) is 24.9. The topological polar surface area (TPSA) is 95.2 Å². The zero-order valence-electron chi connectivity index (χ0n) is 10.9. The van der Waals surface area contributed by atoms with Crippen LogP contribution in [-0.2, 0) is 0 Å². The number of carbonyl (C=O) groups excluding carboxylic acids is 1. The van der Waals surface area contributed by atoms with Crippen LogP contribution in [-0.4, -0.2) is 44.8 Å². The fourth-order valence-electron chi connectivity index (χ4n) is 2.34. The van der Waals surface area contributed by atoms with Crippen molar-refractivity contribution in [3.8, 4) is 0 Å². The third kappa shape index (κ3) is 2.48. The van der Waals surface area contributed by atoms with E-state index in [1.807, 2.05) is 6.92 Å². The largest absolute Gasteiger partial charge is 0.390 e. The molecular formula is C12H20N4O2. The number of nitrogens with zero attached hydrogens (tertiary/aromatic N) is 2. The van der Waals surface area contributed by atoms with Crippen molar-refractivity contribution in [1.29, 1.82) is 0 Å². The van der Waals surface area contributed by atoms with E-state index in [0.717, 1.165) is 12.8 Å². The smallest absolute Gasteiger partial charge is 0.259 e. The molecule has 0 saturated carbocycles. The van der Waals surface area contributed by atoms with E-state index in [-0.39, 0.29) is 11.7 Å². The van der Waals surface area contributed by atoms with Crippen LogP contribution in [0, 0.1) is 6.92 Å². The van der Waals surface area contributed by atoms with Gasteiger partial charge in [-0.05, 0) is 33.1 Å². The molecule has 1 amide bonds. The number of aliphatic hydroxyl groups is 1. The van der Waals surface area contributed by atoms with E-state index in [1.165, 1.54) is 0 Å². The molecule has 1 fully saturated rings. The Morgan fingerprint density at radius 2 is 2.22 bits per heavy atom. The second-order valence-electron chi connectivity index (χ2n) is 5.25. The number of aryl methyl sites for hydroxylation is 1. The van der Waals surface area contributed by atoms with Crippen LogP contribution in [0.3, 0.4) is 0 Å². The Labute approximate surface area is 106 Å². The zero-order valence-corrected chi connectivity index (χ0v) is 10.9. The molecule has 18 heavy (non-hydrogen) atoms. The van der Waals surface area contributed by atoms with E-state index in [2.05, 4.69) is 10.2 Å². The number of carbonyl (C=O) groups is 1. The van der Waals surface area contributed by atoms with Crippen molar-refractivity contribution in [3.63, 3.8) is 0 Å². The number of aromatic nitrogens is 2. The number of nitrogens with two attached hydrogens (primary N) is 1. The first-order valence-corrected chi connectivity index (χ1v) is 6.23. The molecule has 1 unspecified atom stereocenters. The molecule has 0 aromatic carbocycles. The highest BCUT2D eigenvalue weighted by atomic mass is 16.3. The van der Waals surface area contributed by atoms with Crippen molar-refractivity contribution < 1.29 is 9.90 Å². The number of hydrogen-bond donors (Lipinski definition) is 3. The molecule has 6 heteroatoms. The molecule has 4 N–H and O–H groups in total. The summed E-state index contributed by atoms with van der Waals surface area (Å²) >= 11 is 0. The first kappa shape index (κ1) is 12.9. The van der Waals surface area contributed by atoms with Crippen LogP contribution in [0.2, 0.25) is 0 Å². The number of hydrogen-bond acceptors (Lipinski definition) is 4. The summed E-state index contributed by atoms with van der Waals surface area (Å²) in [6, 6.07) is 0. The lowest BCUT2D eigenvalue weighted by atomic mass is 9.98. The van der Waals surface area contributed by atoms with E-state index >= 15 is 0 Å². The summed E-state index contributed by atoms with van der Waals surface area (Å²) in [4.78, 5) is 14.1. The number of H-pyrrole nitrogens is 1. The van der Waals surface area contributed by atoms with E-state index in [1.54, 1.807) is 11.8 Å². The third-order valence-electron chi connectivity index (χ3n) is 3.54. The minimum absolute atomic E-state index is 0.101. The van der Waals surface area contributed by atoms with Crippen molar-refractivity contribution >= 4 is 11.7 Å². The lowest BCUT2D eigenvalue weighted by molar-refractivity contribution is 0.0438. The van der Waals surface area contributed by atoms with Crippen molar-refractivity contribution in [3.05, 3.63) is 11.3 Å². The van der Waals surface area contributed by atoms with Gasteiger partial charge in [0.2, 0.25) is 0 Å². The first-order chi connectivity index (χ1) is 8.41. The summed E-state index contributed by atoms with van der Waals surface area (Å²) < 4.78 is 0. The molecular weight excluding hydrogens is 232 g/mol. The molecule has 1 aromatic rings. The fourth-order valence-corrected chi connectivity index (χ4v) is 2.34. The highest BCUT2D eigenvalue weighted by Gasteiger charge is 2.29. The van der Waals surface area contributed by atoms with Crippen LogP contribution in [0.4, 0.5) is 5.82 Å². The van der Waals surface area contributed by atoms with Gasteiger partial charge in [-0.1, -0.05) is 0 Å². The first-order valence-electron chi connectivity index (χ1n) is 6.23. The summed E-state index contributed by atoms with van der Waals surface area (Å²) in [7, 11) is 0. The standard InChI is InChI=1S/C12H20N4O2/c1-8-9(10(13)15-14-8)11(17)16-6-3-4-12(2,18)5-7-16/h18H,3-7H2,1-2H3,(H3,13,14,15). The number of nitrogens with one attached hydrogen (secondary N) is 1. The molecule has 100 valence electrons. The average Bonchev–Trinajstić information content (AvgIpc) is 2.51. The van der Waals surface area contributed by atoms with Gasteiger partial charge in [0, 0.05) is 18.8 Å². The second-order valence-corrected chi connectivity index (χ2v) is 5.25. The Morgan fingerprint density at radius 3 is 2.83 bits per heavy atom. The van der Waals surface area contributed by atoms with Crippen molar-refractivity contribution in [2.45, 2.75) is 38.7 Å². The van der Waals surface area contributed by atoms with Gasteiger partial charge in [-0.15, -0.1) is 0 Å². The Kier molecular flexibility index (Phi) is 3.30. The van der Waals surface area contributed by atoms with E-state index in [9.17, 15) is 9.90 Å². The SMILES string of the molecule is Cc1[nH]nc(N)c1C(=O)N1CCCC(C)(O)CC1. The van der Waals surface area contributed by atoms with Gasteiger partial charge >= 0.3 is 0 Å². The summed E-state index contributed by atoms with van der Waals surface area (Å²) in [5, 5.41) is 16.6. The molecule has 1 saturated heterocycles. The predicted molar refractivity (Wildman–Crippen MR) is 68.1 cm³/mol. The van der Waals surface area contributed by atoms with Crippen LogP contribution in [0.25, 0.3) is 0 Å². The van der Waals surface area contributed by atoms with Crippen LogP contribution in [0.15, 0.2) is 0 Å². The second kappa shape index (κ2) is 4.61. The van der Waals surface area contributed by atoms with Gasteiger partial charge in [-0.25, -0.2) is 0 Å². The zero-order chi connectivity index (χ0) is 13.3. The monoisotopic (exact) mass is 252 g/mol. The van der Waals surface area contributed by atoms with Crippen LogP contribution < -0.4 is 5.73 Å². The number of likely N-dealkylation sites (tertiary alicyclic amines) is 1. The Balaban J connectivity index is 2.15. The van der Waals surface area contributed by atoms with Crippen LogP contribution in [0.5, 0.6) is 0 Å². The lowest BCUT2D eigenvalue weighted by Crippen LogP contribution is -2.34. The Hall–Kier alpha value is -1.56. The van der Waals surface area contributed by atoms with E-state index < -0.39 is 5.60 Å². The number of aromatic amines is 1. The molecule has 1 aromatic heterocycles. The number of nitrogen functional groups attached to an aromatic ring is 1. The van der Waals surface area contributed by atoms with Gasteiger partial charge in [0.15, 0.2) is 5.82 Å². The number of amides is 1. The van der Waals surface area contributed by atoms with Crippen molar-refractivity contribution in [2.24, 2.45) is 0 Å². The van der Waals surface area contributed by atoms with Gasteiger partial charge in [-0.2, -0.15) is 5.10 Å². The van der Waals surface area contributed by atoms with Crippen LogP contribution >= 0.6 is 0 Å². The Bertz CT molecular complexity index is 433. The van der Waals surface area contributed by atoms with E-state index in [4.69, 9.17) is 5.73 Å². The van der Waals surface area contributed by atoms with Gasteiger partial charge in [0.05, 0.1) is 5.60 Å². The van der Waals surface area contributed by atoms with Gasteiger partial charge < -0.3 is 15.7 Å². The minimum atomic E-state index is -0.675. The molecule has 2 heterocycles. The summed E-state index contributed by atoms with van der Waals surface area (Å²) in [5.41, 5.74) is 6.17. The minimum Gasteiger partial charge on any atom is -0.390 e. The quantitative estimate of drug-likeness (QED) is 0.684. The maximum atomic E-state index is 12.4. The molecule has 0 radical (unpaired) electrons. The maximum Gasteiger partial charge on any atom is 0.259 e. The van der Waals surface area contributed by atoms with Gasteiger partial charge in [0.1, 0.15) is 5.56 Å². The van der Waals surface area contributed by atoms with Crippen LogP contribution in [0.1, 0.15) is 42.2 Å². The molecule has 2 rings (SSSR count). The fraction of sp³-hybridized carbons (Fsp3) is 0.667. The van der Waals surface area contributed by atoms with Crippen molar-refractivity contribution in [2.75, 3.05) is 18.8 Å². The molecule has 1 aliphatic rings. The van der Waals surface area contributed by atoms with Gasteiger partial charge in [0.25, 0.3) is 5.91 Å². The molecule has 1 aliphatic heterocycles. The number of anilines is 1. The summed E-state index contributed by atoms with van der Waals surface area (Å²) in [6.45, 7) is 4.80. The highest BCUT2D eigenvalue weighted by molar-refractivity contribution is 5.99. The molecule has 0 bridgehead atoms. The third-order valence-corrected chi connectivity index (χ3v) is 3.54. The molecule has 1 atom stereocenters. The maximum absolute atomic E-state index is 12.4. The molecule has 0 spiro atoms.